The van der Waals surface area contributed by atoms with Crippen molar-refractivity contribution in [1.82, 2.24) is 4.72 Å². The van der Waals surface area contributed by atoms with E-state index in [0.717, 1.165) is 12.1 Å². The van der Waals surface area contributed by atoms with E-state index in [0.29, 0.717) is 6.07 Å². The second kappa shape index (κ2) is 6.27. The van der Waals surface area contributed by atoms with E-state index < -0.39 is 50.9 Å². The van der Waals surface area contributed by atoms with Crippen molar-refractivity contribution in [2.24, 2.45) is 0 Å². The number of aliphatic hydroxyl groups excluding tert-OH is 2. The topological polar surface area (TPSA) is 86.6 Å². The molecular weight excluding hydrogens is 323 g/mol. The summed E-state index contributed by atoms with van der Waals surface area (Å²) in [7, 11) is -4.24. The summed E-state index contributed by atoms with van der Waals surface area (Å²) >= 11 is 5.37. The van der Waals surface area contributed by atoms with Crippen molar-refractivity contribution in [3.8, 4) is 0 Å². The molecule has 0 bridgehead atoms. The van der Waals surface area contributed by atoms with E-state index in [9.17, 15) is 21.6 Å². The molecule has 1 atom stereocenters. The zero-order chi connectivity index (χ0) is 15.6. The fourth-order valence-electron chi connectivity index (χ4n) is 1.24. The van der Waals surface area contributed by atoms with E-state index in [1.165, 1.54) is 0 Å². The SMILES string of the molecule is O=S(=O)(NCC(O)CO)c1ccc(Cl)c(C(F)(F)F)c1. The van der Waals surface area contributed by atoms with E-state index in [1.54, 1.807) is 0 Å². The van der Waals surface area contributed by atoms with Gasteiger partial charge < -0.3 is 10.2 Å². The summed E-state index contributed by atoms with van der Waals surface area (Å²) in [6.07, 6.45) is -6.13. The highest BCUT2D eigenvalue weighted by molar-refractivity contribution is 7.89. The third-order valence-electron chi connectivity index (χ3n) is 2.27. The van der Waals surface area contributed by atoms with Gasteiger partial charge in [-0.25, -0.2) is 13.1 Å². The Balaban J connectivity index is 3.08. The van der Waals surface area contributed by atoms with E-state index in [1.807, 2.05) is 4.72 Å². The molecule has 1 aromatic rings. The lowest BCUT2D eigenvalue weighted by Crippen LogP contribution is -2.34. The van der Waals surface area contributed by atoms with E-state index >= 15 is 0 Å². The van der Waals surface area contributed by atoms with E-state index in [-0.39, 0.29) is 0 Å². The lowest BCUT2D eigenvalue weighted by molar-refractivity contribution is -0.137. The van der Waals surface area contributed by atoms with Crippen LogP contribution < -0.4 is 4.72 Å². The molecule has 1 rings (SSSR count). The first-order valence-electron chi connectivity index (χ1n) is 5.23. The number of hydrogen-bond acceptors (Lipinski definition) is 4. The average molecular weight is 334 g/mol. The van der Waals surface area contributed by atoms with Gasteiger partial charge in [0.1, 0.15) is 0 Å². The first-order chi connectivity index (χ1) is 9.08. The van der Waals surface area contributed by atoms with Gasteiger partial charge in [0.15, 0.2) is 0 Å². The molecular formula is C10H11ClF3NO4S. The van der Waals surface area contributed by atoms with Gasteiger partial charge in [-0.3, -0.25) is 0 Å². The minimum atomic E-state index is -4.78. The van der Waals surface area contributed by atoms with Gasteiger partial charge in [-0.05, 0) is 18.2 Å². The summed E-state index contributed by atoms with van der Waals surface area (Å²) in [5.74, 6) is 0. The standard InChI is InChI=1S/C10H11ClF3NO4S/c11-9-2-1-7(3-8(9)10(12,13)14)20(18,19)15-4-6(17)5-16/h1-3,6,15-17H,4-5H2. The first kappa shape index (κ1) is 17.2. The van der Waals surface area contributed by atoms with Crippen molar-refractivity contribution in [2.45, 2.75) is 17.2 Å². The zero-order valence-electron chi connectivity index (χ0n) is 9.85. The molecule has 3 N–H and O–H groups in total. The molecule has 1 unspecified atom stereocenters. The van der Waals surface area contributed by atoms with Crippen molar-refractivity contribution in [3.63, 3.8) is 0 Å². The molecule has 0 amide bonds. The molecule has 0 aliphatic heterocycles. The molecule has 0 heterocycles. The third kappa shape index (κ3) is 4.32. The van der Waals surface area contributed by atoms with E-state index in [2.05, 4.69) is 0 Å². The predicted octanol–water partition coefficient (Wildman–Crippen LogP) is 0.990. The van der Waals surface area contributed by atoms with Crippen molar-refractivity contribution < 1.29 is 31.8 Å². The second-order valence-corrected chi connectivity index (χ2v) is 6.00. The Morgan fingerprint density at radius 1 is 1.35 bits per heavy atom. The molecule has 10 heteroatoms. The maximum Gasteiger partial charge on any atom is 0.417 e. The fourth-order valence-corrected chi connectivity index (χ4v) is 2.57. The molecule has 5 nitrogen and oxygen atoms in total. The Labute approximate surface area is 118 Å². The molecule has 0 radical (unpaired) electrons. The van der Waals surface area contributed by atoms with Gasteiger partial charge in [0.05, 0.1) is 28.2 Å². The molecule has 0 saturated heterocycles. The van der Waals surface area contributed by atoms with Gasteiger partial charge in [-0.2, -0.15) is 13.2 Å². The Kier molecular flexibility index (Phi) is 5.39. The van der Waals surface area contributed by atoms with Crippen LogP contribution in [0.25, 0.3) is 0 Å². The summed E-state index contributed by atoms with van der Waals surface area (Å²) in [6, 6.07) is 2.13. The van der Waals surface area contributed by atoms with Crippen molar-refractivity contribution in [1.29, 1.82) is 0 Å². The normalized spacial score (nSPS) is 14.3. The third-order valence-corrected chi connectivity index (χ3v) is 4.02. The van der Waals surface area contributed by atoms with Crippen LogP contribution in [-0.2, 0) is 16.2 Å². The van der Waals surface area contributed by atoms with E-state index in [4.69, 9.17) is 21.8 Å². The van der Waals surface area contributed by atoms with Gasteiger partial charge >= 0.3 is 6.18 Å². The number of rotatable bonds is 5. The summed E-state index contributed by atoms with van der Waals surface area (Å²) in [5.41, 5.74) is -1.27. The molecule has 114 valence electrons. The fraction of sp³-hybridized carbons (Fsp3) is 0.400. The monoisotopic (exact) mass is 333 g/mol. The number of nitrogens with one attached hydrogen (secondary N) is 1. The number of halogens is 4. The number of hydrogen-bond donors (Lipinski definition) is 3. The van der Waals surface area contributed by atoms with Crippen molar-refractivity contribution in [3.05, 3.63) is 28.8 Å². The second-order valence-electron chi connectivity index (χ2n) is 3.83. The smallest absolute Gasteiger partial charge is 0.394 e. The highest BCUT2D eigenvalue weighted by Crippen LogP contribution is 2.35. The van der Waals surface area contributed by atoms with Gasteiger partial charge in [0.2, 0.25) is 10.0 Å². The minimum absolute atomic E-state index is 0.399. The lowest BCUT2D eigenvalue weighted by Gasteiger charge is -2.13. The van der Waals surface area contributed by atoms with Gasteiger partial charge in [-0.1, -0.05) is 11.6 Å². The van der Waals surface area contributed by atoms with Crippen LogP contribution in [0.5, 0.6) is 0 Å². The number of alkyl halides is 3. The van der Waals surface area contributed by atoms with Crippen molar-refractivity contribution in [2.75, 3.05) is 13.2 Å². The molecule has 1 aromatic carbocycles. The number of benzene rings is 1. The summed E-state index contributed by atoms with van der Waals surface area (Å²) in [6.45, 7) is -1.21. The van der Waals surface area contributed by atoms with Crippen LogP contribution in [0.1, 0.15) is 5.56 Å². The van der Waals surface area contributed by atoms with Crippen LogP contribution in [0.15, 0.2) is 23.1 Å². The predicted molar refractivity (Wildman–Crippen MR) is 64.7 cm³/mol. The zero-order valence-corrected chi connectivity index (χ0v) is 11.4. The van der Waals surface area contributed by atoms with Crippen LogP contribution in [0.4, 0.5) is 13.2 Å². The van der Waals surface area contributed by atoms with Gasteiger partial charge in [-0.15, -0.1) is 0 Å². The average Bonchev–Trinajstić information content (AvgIpc) is 2.34. The molecule has 0 spiro atoms. The summed E-state index contributed by atoms with van der Waals surface area (Å²) in [5, 5.41) is 16.9. The van der Waals surface area contributed by atoms with Crippen LogP contribution in [0.3, 0.4) is 0 Å². The largest absolute Gasteiger partial charge is 0.417 e. The van der Waals surface area contributed by atoms with Gasteiger partial charge in [0, 0.05) is 6.54 Å². The van der Waals surface area contributed by atoms with Crippen LogP contribution in [0.2, 0.25) is 5.02 Å². The number of sulfonamides is 1. The highest BCUT2D eigenvalue weighted by Gasteiger charge is 2.34. The van der Waals surface area contributed by atoms with Crippen molar-refractivity contribution >= 4 is 21.6 Å². The maximum absolute atomic E-state index is 12.6. The van der Waals surface area contributed by atoms with Crippen LogP contribution in [-0.4, -0.2) is 37.9 Å². The molecule has 0 aromatic heterocycles. The Bertz CT molecular complexity index is 576. The summed E-state index contributed by atoms with van der Waals surface area (Å²) < 4.78 is 63.2. The number of aliphatic hydroxyl groups is 2. The maximum atomic E-state index is 12.6. The van der Waals surface area contributed by atoms with Gasteiger partial charge in [0.25, 0.3) is 0 Å². The molecule has 0 saturated carbocycles. The first-order valence-corrected chi connectivity index (χ1v) is 7.09. The summed E-state index contributed by atoms with van der Waals surface area (Å²) in [4.78, 5) is -0.639. The molecule has 20 heavy (non-hydrogen) atoms. The van der Waals surface area contributed by atoms with Crippen LogP contribution in [0, 0.1) is 0 Å². The quantitative estimate of drug-likeness (QED) is 0.750. The Morgan fingerprint density at radius 2 is 1.95 bits per heavy atom. The Morgan fingerprint density at radius 3 is 2.45 bits per heavy atom. The van der Waals surface area contributed by atoms with Crippen LogP contribution >= 0.6 is 11.6 Å². The minimum Gasteiger partial charge on any atom is -0.394 e. The molecule has 0 fully saturated rings. The lowest BCUT2D eigenvalue weighted by atomic mass is 10.2. The highest BCUT2D eigenvalue weighted by atomic mass is 35.5. The Hall–Kier alpha value is -0.870. The molecule has 0 aliphatic carbocycles. The molecule has 0 aliphatic rings.